The van der Waals surface area contributed by atoms with E-state index in [4.69, 9.17) is 10.2 Å². The van der Waals surface area contributed by atoms with Crippen LogP contribution in [0.15, 0.2) is 17.5 Å². The minimum absolute atomic E-state index is 0.193. The number of carboxylic acid groups (broad SMARTS) is 1. The second-order valence-electron chi connectivity index (χ2n) is 3.55. The second kappa shape index (κ2) is 6.50. The van der Waals surface area contributed by atoms with Crippen LogP contribution in [-0.2, 0) is 14.8 Å². The van der Waals surface area contributed by atoms with E-state index >= 15 is 0 Å². The number of carbonyl (C=O) groups excluding carboxylic acids is 1. The van der Waals surface area contributed by atoms with E-state index in [9.17, 15) is 18.0 Å². The lowest BCUT2D eigenvalue weighted by Gasteiger charge is -2.13. The number of amides is 2. The Balaban J connectivity index is 2.52. The monoisotopic (exact) mass is 307 g/mol. The zero-order chi connectivity index (χ0) is 14.5. The van der Waals surface area contributed by atoms with E-state index in [0.29, 0.717) is 4.88 Å². The molecule has 1 heterocycles. The first-order valence-corrected chi connectivity index (χ1v) is 7.70. The molecule has 0 aliphatic carbocycles. The van der Waals surface area contributed by atoms with Crippen molar-refractivity contribution in [1.82, 2.24) is 10.6 Å². The van der Waals surface area contributed by atoms with Gasteiger partial charge in [0.05, 0.1) is 5.75 Å². The number of sulfonamides is 1. The first-order chi connectivity index (χ1) is 8.79. The molecule has 0 aliphatic rings. The van der Waals surface area contributed by atoms with Crippen LogP contribution in [0.5, 0.6) is 0 Å². The predicted octanol–water partition coefficient (Wildman–Crippen LogP) is -0.538. The third-order valence-electron chi connectivity index (χ3n) is 2.02. The average Bonchev–Trinajstić information content (AvgIpc) is 2.76. The average molecular weight is 307 g/mol. The van der Waals surface area contributed by atoms with E-state index in [1.807, 2.05) is 0 Å². The van der Waals surface area contributed by atoms with Crippen LogP contribution >= 0.6 is 11.3 Å². The topological polar surface area (TPSA) is 139 Å². The molecule has 0 aromatic carbocycles. The molecule has 0 fully saturated rings. The van der Waals surface area contributed by atoms with Gasteiger partial charge in [-0.15, -0.1) is 11.3 Å². The summed E-state index contributed by atoms with van der Waals surface area (Å²) in [6, 6.07) is 1.30. The number of rotatable bonds is 6. The van der Waals surface area contributed by atoms with Crippen LogP contribution in [0.4, 0.5) is 4.79 Å². The van der Waals surface area contributed by atoms with Gasteiger partial charge < -0.3 is 15.7 Å². The zero-order valence-corrected chi connectivity index (χ0v) is 11.3. The highest BCUT2D eigenvalue weighted by Crippen LogP contribution is 2.18. The summed E-state index contributed by atoms with van der Waals surface area (Å²) in [4.78, 5) is 22.9. The molecule has 1 aromatic heterocycles. The first-order valence-electron chi connectivity index (χ1n) is 5.10. The van der Waals surface area contributed by atoms with Gasteiger partial charge in [0.1, 0.15) is 0 Å². The molecule has 0 spiro atoms. The van der Waals surface area contributed by atoms with Crippen molar-refractivity contribution in [2.75, 3.05) is 12.3 Å². The smallest absolute Gasteiger partial charge is 0.331 e. The number of aliphatic carboxylic acids is 1. The molecule has 0 saturated heterocycles. The van der Waals surface area contributed by atoms with Gasteiger partial charge in [-0.1, -0.05) is 6.07 Å². The molecule has 5 N–H and O–H groups in total. The summed E-state index contributed by atoms with van der Waals surface area (Å²) in [7, 11) is -3.66. The highest BCUT2D eigenvalue weighted by molar-refractivity contribution is 7.89. The number of primary sulfonamides is 1. The van der Waals surface area contributed by atoms with Gasteiger partial charge in [0, 0.05) is 11.4 Å². The van der Waals surface area contributed by atoms with Crippen molar-refractivity contribution in [1.29, 1.82) is 0 Å². The summed E-state index contributed by atoms with van der Waals surface area (Å²) in [5.41, 5.74) is 0. The third-order valence-corrected chi connectivity index (χ3v) is 3.73. The summed E-state index contributed by atoms with van der Waals surface area (Å²) >= 11 is 1.19. The molecule has 8 nitrogen and oxygen atoms in total. The molecule has 1 unspecified atom stereocenters. The van der Waals surface area contributed by atoms with Gasteiger partial charge in [-0.05, 0) is 11.4 Å². The minimum Gasteiger partial charge on any atom is -0.479 e. The van der Waals surface area contributed by atoms with Gasteiger partial charge in [-0.25, -0.2) is 23.1 Å². The van der Waals surface area contributed by atoms with Crippen molar-refractivity contribution in [3.05, 3.63) is 22.4 Å². The van der Waals surface area contributed by atoms with Crippen molar-refractivity contribution in [2.45, 2.75) is 6.04 Å². The Bertz CT molecular complexity index is 540. The molecular weight excluding hydrogens is 294 g/mol. The highest BCUT2D eigenvalue weighted by Gasteiger charge is 2.22. The lowest BCUT2D eigenvalue weighted by atomic mass is 10.2. The number of urea groups is 1. The minimum atomic E-state index is -3.66. The van der Waals surface area contributed by atoms with Crippen LogP contribution in [0, 0.1) is 0 Å². The van der Waals surface area contributed by atoms with E-state index < -0.39 is 33.8 Å². The third kappa shape index (κ3) is 5.68. The van der Waals surface area contributed by atoms with Crippen LogP contribution < -0.4 is 15.8 Å². The number of nitrogens with two attached hydrogens (primary N) is 1. The van der Waals surface area contributed by atoms with Gasteiger partial charge in [0.2, 0.25) is 10.0 Å². The summed E-state index contributed by atoms with van der Waals surface area (Å²) in [6.45, 7) is -0.193. The maximum absolute atomic E-state index is 11.4. The number of nitrogens with one attached hydrogen (secondary N) is 2. The van der Waals surface area contributed by atoms with E-state index in [1.165, 1.54) is 11.3 Å². The summed E-state index contributed by atoms with van der Waals surface area (Å²) in [5, 5.41) is 19.9. The maximum Gasteiger partial charge on any atom is 0.331 e. The van der Waals surface area contributed by atoms with E-state index in [1.54, 1.807) is 17.5 Å². The SMILES string of the molecule is NS(=O)(=O)CCNC(=O)NC(C(=O)O)c1cccs1. The molecule has 0 bridgehead atoms. The largest absolute Gasteiger partial charge is 0.479 e. The van der Waals surface area contributed by atoms with E-state index in [-0.39, 0.29) is 6.54 Å². The fourth-order valence-electron chi connectivity index (χ4n) is 1.20. The Morgan fingerprint density at radius 1 is 1.47 bits per heavy atom. The Morgan fingerprint density at radius 3 is 2.63 bits per heavy atom. The second-order valence-corrected chi connectivity index (χ2v) is 6.27. The fourth-order valence-corrected chi connectivity index (χ4v) is 2.35. The standard InChI is InChI=1S/C9H13N3O5S2/c10-19(16,17)5-3-11-9(15)12-7(8(13)14)6-2-1-4-18-6/h1-2,4,7H,3,5H2,(H,13,14)(H2,10,16,17)(H2,11,12,15). The van der Waals surface area contributed by atoms with Gasteiger partial charge >= 0.3 is 12.0 Å². The zero-order valence-electron chi connectivity index (χ0n) is 9.70. The Morgan fingerprint density at radius 2 is 2.16 bits per heavy atom. The van der Waals surface area contributed by atoms with E-state index in [0.717, 1.165) is 0 Å². The number of thiophene rings is 1. The molecule has 1 aromatic rings. The van der Waals surface area contributed by atoms with Crippen LogP contribution in [0.3, 0.4) is 0 Å². The van der Waals surface area contributed by atoms with Gasteiger partial charge in [0.15, 0.2) is 6.04 Å². The van der Waals surface area contributed by atoms with Gasteiger partial charge in [-0.3, -0.25) is 0 Å². The van der Waals surface area contributed by atoms with Crippen molar-refractivity contribution in [3.63, 3.8) is 0 Å². The van der Waals surface area contributed by atoms with Gasteiger partial charge in [0.25, 0.3) is 0 Å². The Hall–Kier alpha value is -1.65. The lowest BCUT2D eigenvalue weighted by molar-refractivity contribution is -0.139. The molecular formula is C9H13N3O5S2. The summed E-state index contributed by atoms with van der Waals surface area (Å²) < 4.78 is 21.3. The molecule has 2 amide bonds. The molecule has 10 heteroatoms. The Labute approximate surface area is 113 Å². The van der Waals surface area contributed by atoms with Crippen molar-refractivity contribution < 1.29 is 23.1 Å². The van der Waals surface area contributed by atoms with E-state index in [2.05, 4.69) is 10.6 Å². The summed E-state index contributed by atoms with van der Waals surface area (Å²) in [5.74, 6) is -1.62. The number of hydrogen-bond acceptors (Lipinski definition) is 5. The normalized spacial score (nSPS) is 12.7. The van der Waals surface area contributed by atoms with Crippen LogP contribution in [-0.4, -0.2) is 37.8 Å². The highest BCUT2D eigenvalue weighted by atomic mass is 32.2. The molecule has 1 rings (SSSR count). The molecule has 0 aliphatic heterocycles. The van der Waals surface area contributed by atoms with Crippen LogP contribution in [0.1, 0.15) is 10.9 Å². The lowest BCUT2D eigenvalue weighted by Crippen LogP contribution is -2.42. The van der Waals surface area contributed by atoms with Crippen molar-refractivity contribution in [2.24, 2.45) is 5.14 Å². The maximum atomic E-state index is 11.4. The molecule has 0 saturated carbocycles. The molecule has 0 radical (unpaired) electrons. The molecule has 1 atom stereocenters. The van der Waals surface area contributed by atoms with Crippen LogP contribution in [0.2, 0.25) is 0 Å². The van der Waals surface area contributed by atoms with Crippen LogP contribution in [0.25, 0.3) is 0 Å². The molecule has 19 heavy (non-hydrogen) atoms. The van der Waals surface area contributed by atoms with Crippen molar-refractivity contribution >= 4 is 33.4 Å². The number of carbonyl (C=O) groups is 2. The predicted molar refractivity (Wildman–Crippen MR) is 69.2 cm³/mol. The summed E-state index contributed by atoms with van der Waals surface area (Å²) in [6.07, 6.45) is 0. The fraction of sp³-hybridized carbons (Fsp3) is 0.333. The quantitative estimate of drug-likeness (QED) is 0.559. The first kappa shape index (κ1) is 15.4. The van der Waals surface area contributed by atoms with Gasteiger partial charge in [-0.2, -0.15) is 0 Å². The number of hydrogen-bond donors (Lipinski definition) is 4. The van der Waals surface area contributed by atoms with Crippen molar-refractivity contribution in [3.8, 4) is 0 Å². The number of carboxylic acids is 1. The Kier molecular flexibility index (Phi) is 5.27. The molecule has 106 valence electrons.